The van der Waals surface area contributed by atoms with Gasteiger partial charge in [0.15, 0.2) is 0 Å². The number of carbonyl (C=O) groups is 1. The number of likely N-dealkylation sites (N-methyl/N-ethyl adjacent to an activating group) is 1. The highest BCUT2D eigenvalue weighted by molar-refractivity contribution is 5.91. The van der Waals surface area contributed by atoms with Crippen LogP contribution in [0.5, 0.6) is 0 Å². The first-order valence-electron chi connectivity index (χ1n) is 5.71. The van der Waals surface area contributed by atoms with Crippen LogP contribution in [-0.4, -0.2) is 47.2 Å². The molecule has 1 fully saturated rings. The number of H-pyrrole nitrogens is 1. The average molecular weight is 236 g/mol. The molecule has 17 heavy (non-hydrogen) atoms. The van der Waals surface area contributed by atoms with Crippen molar-refractivity contribution in [1.29, 1.82) is 0 Å². The maximum absolute atomic E-state index is 12.0. The zero-order chi connectivity index (χ0) is 12.3. The van der Waals surface area contributed by atoms with Gasteiger partial charge in [0.25, 0.3) is 11.5 Å². The predicted molar refractivity (Wildman–Crippen MR) is 62.8 cm³/mol. The first-order valence-corrected chi connectivity index (χ1v) is 5.71. The molecule has 2 rings (SSSR count). The molecule has 2 heterocycles. The summed E-state index contributed by atoms with van der Waals surface area (Å²) in [5, 5.41) is 9.32. The van der Waals surface area contributed by atoms with Crippen molar-refractivity contribution >= 4 is 5.91 Å². The molecule has 0 aliphatic carbocycles. The molecule has 0 bridgehead atoms. The van der Waals surface area contributed by atoms with Crippen molar-refractivity contribution in [2.75, 3.05) is 20.1 Å². The molecule has 92 valence electrons. The molecular formula is C11H16N4O2. The van der Waals surface area contributed by atoms with Crippen LogP contribution in [0.2, 0.25) is 0 Å². The minimum Gasteiger partial charge on any atom is -0.339 e. The average Bonchev–Trinajstić information content (AvgIpc) is 2.82. The summed E-state index contributed by atoms with van der Waals surface area (Å²) < 4.78 is 0. The van der Waals surface area contributed by atoms with Crippen LogP contribution < -0.4 is 10.9 Å². The van der Waals surface area contributed by atoms with E-state index in [-0.39, 0.29) is 17.2 Å². The monoisotopic (exact) mass is 236 g/mol. The van der Waals surface area contributed by atoms with E-state index in [0.717, 1.165) is 19.4 Å². The highest BCUT2D eigenvalue weighted by Crippen LogP contribution is 2.07. The van der Waals surface area contributed by atoms with Crippen LogP contribution in [-0.2, 0) is 0 Å². The first-order chi connectivity index (χ1) is 8.16. The van der Waals surface area contributed by atoms with Crippen LogP contribution in [0.3, 0.4) is 0 Å². The van der Waals surface area contributed by atoms with Gasteiger partial charge in [-0.25, -0.2) is 5.10 Å². The Morgan fingerprint density at radius 3 is 3.00 bits per heavy atom. The molecule has 1 saturated heterocycles. The number of hydrogen-bond acceptors (Lipinski definition) is 4. The summed E-state index contributed by atoms with van der Waals surface area (Å²) in [6, 6.07) is 3.12. The van der Waals surface area contributed by atoms with Gasteiger partial charge in [-0.15, -0.1) is 0 Å². The second kappa shape index (κ2) is 5.09. The van der Waals surface area contributed by atoms with Crippen LogP contribution in [0.25, 0.3) is 0 Å². The van der Waals surface area contributed by atoms with E-state index in [2.05, 4.69) is 15.5 Å². The van der Waals surface area contributed by atoms with Crippen LogP contribution >= 0.6 is 0 Å². The van der Waals surface area contributed by atoms with Gasteiger partial charge in [0.1, 0.15) is 5.69 Å². The lowest BCUT2D eigenvalue weighted by Gasteiger charge is -2.20. The summed E-state index contributed by atoms with van der Waals surface area (Å²) in [6.45, 7) is 1.68. The third-order valence-corrected chi connectivity index (χ3v) is 2.90. The molecule has 1 aromatic rings. The van der Waals surface area contributed by atoms with E-state index in [1.54, 1.807) is 11.9 Å². The second-order valence-electron chi connectivity index (χ2n) is 4.29. The maximum Gasteiger partial charge on any atom is 0.274 e. The first kappa shape index (κ1) is 11.8. The quantitative estimate of drug-likeness (QED) is 0.748. The van der Waals surface area contributed by atoms with Crippen molar-refractivity contribution in [1.82, 2.24) is 20.4 Å². The normalized spacial score (nSPS) is 19.2. The molecule has 0 saturated carbocycles. The minimum absolute atomic E-state index is 0.171. The fourth-order valence-corrected chi connectivity index (χ4v) is 1.99. The van der Waals surface area contributed by atoms with E-state index >= 15 is 0 Å². The molecular weight excluding hydrogens is 220 g/mol. The molecule has 1 atom stereocenters. The maximum atomic E-state index is 12.0. The Morgan fingerprint density at radius 2 is 2.41 bits per heavy atom. The van der Waals surface area contributed by atoms with Crippen LogP contribution in [0.1, 0.15) is 23.3 Å². The number of aromatic nitrogens is 2. The zero-order valence-electron chi connectivity index (χ0n) is 9.77. The standard InChI is InChI=1S/C11H16N4O2/c1-15(7-8-3-2-6-12-8)11(17)9-4-5-10(16)14-13-9/h4-5,8,12H,2-3,6-7H2,1H3,(H,14,16). The number of amides is 1. The Morgan fingerprint density at radius 1 is 1.59 bits per heavy atom. The van der Waals surface area contributed by atoms with Gasteiger partial charge < -0.3 is 10.2 Å². The fraction of sp³-hybridized carbons (Fsp3) is 0.545. The number of nitrogens with one attached hydrogen (secondary N) is 2. The van der Waals surface area contributed by atoms with E-state index in [1.807, 2.05) is 0 Å². The lowest BCUT2D eigenvalue weighted by Crippen LogP contribution is -2.39. The Kier molecular flexibility index (Phi) is 3.53. The molecule has 1 aromatic heterocycles. The van der Waals surface area contributed by atoms with Gasteiger partial charge in [-0.2, -0.15) is 5.10 Å². The van der Waals surface area contributed by atoms with Crippen LogP contribution in [0, 0.1) is 0 Å². The molecule has 1 unspecified atom stereocenters. The van der Waals surface area contributed by atoms with Gasteiger partial charge in [0.05, 0.1) is 0 Å². The Bertz CT molecular complexity index is 431. The van der Waals surface area contributed by atoms with Crippen LogP contribution in [0.4, 0.5) is 0 Å². The van der Waals surface area contributed by atoms with Crippen molar-refractivity contribution in [3.8, 4) is 0 Å². The summed E-state index contributed by atoms with van der Waals surface area (Å²) >= 11 is 0. The van der Waals surface area contributed by atoms with Gasteiger partial charge in [-0.3, -0.25) is 9.59 Å². The van der Waals surface area contributed by atoms with Crippen molar-refractivity contribution in [2.45, 2.75) is 18.9 Å². The molecule has 0 spiro atoms. The molecule has 6 nitrogen and oxygen atoms in total. The summed E-state index contributed by atoms with van der Waals surface area (Å²) in [5.74, 6) is -0.171. The number of rotatable bonds is 3. The van der Waals surface area contributed by atoms with Gasteiger partial charge in [-0.1, -0.05) is 0 Å². The largest absolute Gasteiger partial charge is 0.339 e. The van der Waals surface area contributed by atoms with Gasteiger partial charge in [-0.05, 0) is 25.5 Å². The van der Waals surface area contributed by atoms with Gasteiger partial charge in [0.2, 0.25) is 0 Å². The van der Waals surface area contributed by atoms with Crippen molar-refractivity contribution < 1.29 is 4.79 Å². The van der Waals surface area contributed by atoms with Gasteiger partial charge >= 0.3 is 0 Å². The van der Waals surface area contributed by atoms with E-state index < -0.39 is 0 Å². The third kappa shape index (κ3) is 2.91. The summed E-state index contributed by atoms with van der Waals surface area (Å²) in [7, 11) is 1.75. The minimum atomic E-state index is -0.304. The number of carbonyl (C=O) groups excluding carboxylic acids is 1. The lowest BCUT2D eigenvalue weighted by atomic mass is 10.2. The zero-order valence-corrected chi connectivity index (χ0v) is 9.77. The van der Waals surface area contributed by atoms with E-state index in [0.29, 0.717) is 12.6 Å². The molecule has 1 aliphatic rings. The highest BCUT2D eigenvalue weighted by Gasteiger charge is 2.20. The van der Waals surface area contributed by atoms with Crippen molar-refractivity contribution in [2.24, 2.45) is 0 Å². The Labute approximate surface area is 99.0 Å². The molecule has 0 aromatic carbocycles. The summed E-state index contributed by atoms with van der Waals surface area (Å²) in [4.78, 5) is 24.4. The van der Waals surface area contributed by atoms with Crippen LogP contribution in [0.15, 0.2) is 16.9 Å². The van der Waals surface area contributed by atoms with E-state index in [1.165, 1.54) is 12.1 Å². The van der Waals surface area contributed by atoms with Crippen molar-refractivity contribution in [3.63, 3.8) is 0 Å². The molecule has 1 amide bonds. The van der Waals surface area contributed by atoms with Crippen molar-refractivity contribution in [3.05, 3.63) is 28.2 Å². The molecule has 1 aliphatic heterocycles. The third-order valence-electron chi connectivity index (χ3n) is 2.90. The van der Waals surface area contributed by atoms with Gasteiger partial charge in [0, 0.05) is 25.7 Å². The predicted octanol–water partition coefficient (Wildman–Crippen LogP) is -0.406. The summed E-state index contributed by atoms with van der Waals surface area (Å²) in [5.41, 5.74) is -0.0354. The number of nitrogens with zero attached hydrogens (tertiary/aromatic N) is 2. The molecule has 2 N–H and O–H groups in total. The topological polar surface area (TPSA) is 78.1 Å². The number of hydrogen-bond donors (Lipinski definition) is 2. The Balaban J connectivity index is 1.98. The summed E-state index contributed by atoms with van der Waals surface area (Å²) in [6.07, 6.45) is 2.25. The smallest absolute Gasteiger partial charge is 0.274 e. The highest BCUT2D eigenvalue weighted by atomic mass is 16.2. The Hall–Kier alpha value is -1.69. The fourth-order valence-electron chi connectivity index (χ4n) is 1.99. The van der Waals surface area contributed by atoms with E-state index in [9.17, 15) is 9.59 Å². The number of aromatic amines is 1. The SMILES string of the molecule is CN(CC1CCCN1)C(=O)c1ccc(=O)[nH]n1. The second-order valence-corrected chi connectivity index (χ2v) is 4.29. The van der Waals surface area contributed by atoms with E-state index in [4.69, 9.17) is 0 Å². The molecule has 6 heteroatoms. The molecule has 0 radical (unpaired) electrons. The lowest BCUT2D eigenvalue weighted by molar-refractivity contribution is 0.0776.